The van der Waals surface area contributed by atoms with Gasteiger partial charge in [0.05, 0.1) is 5.41 Å². The number of nitrogens with zero attached hydrogens (tertiary/aromatic N) is 1. The van der Waals surface area contributed by atoms with Gasteiger partial charge in [-0.1, -0.05) is 144 Å². The Kier molecular flexibility index (Phi) is 9.83. The first-order chi connectivity index (χ1) is 22.6. The van der Waals surface area contributed by atoms with Gasteiger partial charge >= 0.3 is 0 Å². The van der Waals surface area contributed by atoms with Gasteiger partial charge in [-0.15, -0.1) is 0 Å². The van der Waals surface area contributed by atoms with Gasteiger partial charge in [0.25, 0.3) is 0 Å². The highest BCUT2D eigenvalue weighted by Gasteiger charge is 2.46. The Bertz CT molecular complexity index is 2030. The number of aromatic nitrogens is 1. The number of hydrogen-bond acceptors (Lipinski definition) is 1. The fourth-order valence-corrected chi connectivity index (χ4v) is 7.40. The molecule has 0 aliphatic heterocycles. The van der Waals surface area contributed by atoms with Gasteiger partial charge in [-0.05, 0) is 110 Å². The number of fused-ring (bicyclic) bond motifs is 4. The molecule has 4 aromatic carbocycles. The molecule has 1 heteroatoms. The van der Waals surface area contributed by atoms with Gasteiger partial charge in [0.2, 0.25) is 0 Å². The van der Waals surface area contributed by atoms with Gasteiger partial charge in [-0.2, -0.15) is 0 Å². The summed E-state index contributed by atoms with van der Waals surface area (Å²) in [7, 11) is 0. The molecule has 1 atom stereocenters. The largest absolute Gasteiger partial charge is 0.264 e. The molecule has 0 N–H and O–H groups in total. The Morgan fingerprint density at radius 1 is 0.826 bits per heavy atom. The fraction of sp³-hybridized carbons (Fsp3) is 0.178. The van der Waals surface area contributed by atoms with E-state index in [9.17, 15) is 0 Å². The van der Waals surface area contributed by atoms with Crippen LogP contribution in [0.25, 0.3) is 50.4 Å². The average molecular weight is 600 g/mol. The van der Waals surface area contributed by atoms with E-state index in [1.54, 1.807) is 0 Å². The molecule has 0 saturated carbocycles. The van der Waals surface area contributed by atoms with Crippen LogP contribution in [0.5, 0.6) is 0 Å². The summed E-state index contributed by atoms with van der Waals surface area (Å²) >= 11 is 0. The predicted octanol–water partition coefficient (Wildman–Crippen LogP) is 12.9. The minimum Gasteiger partial charge on any atom is -0.264 e. The van der Waals surface area contributed by atoms with Crippen LogP contribution in [0.2, 0.25) is 0 Å². The molecule has 1 aliphatic rings. The summed E-state index contributed by atoms with van der Waals surface area (Å²) in [6.07, 6.45) is 18.7. The van der Waals surface area contributed by atoms with Crippen LogP contribution in [0.4, 0.5) is 0 Å². The summed E-state index contributed by atoms with van der Waals surface area (Å²) in [6, 6.07) is 26.5. The van der Waals surface area contributed by atoms with E-state index in [0.717, 1.165) is 29.5 Å². The standard InChI is InChI=1S/C43H39N.C2H6/c1-7-12-18-31(9-3)43(32-19-16-26-44-28-32)29(6)35(17-8-2)42-36(22-15-23-41(42)43)30-24-25-39-34(11-5)33(10-4)37-20-13-14-21-38(37)40(39)27-30;1-2/h8-11,13-28H,3-5,7,12H2,1-2,6H3;1-2H3/b17-8-,31-18+;. The van der Waals surface area contributed by atoms with E-state index in [1.807, 2.05) is 44.5 Å². The highest BCUT2D eigenvalue weighted by atomic mass is 14.6. The van der Waals surface area contributed by atoms with Crippen molar-refractivity contribution >= 4 is 39.3 Å². The minimum atomic E-state index is -0.482. The van der Waals surface area contributed by atoms with Crippen molar-refractivity contribution in [3.63, 3.8) is 0 Å². The van der Waals surface area contributed by atoms with E-state index in [0.29, 0.717) is 0 Å². The van der Waals surface area contributed by atoms with Gasteiger partial charge in [-0.3, -0.25) is 4.98 Å². The zero-order valence-electron chi connectivity index (χ0n) is 28.0. The molecule has 1 aliphatic carbocycles. The number of rotatable bonds is 9. The van der Waals surface area contributed by atoms with E-state index in [2.05, 4.69) is 137 Å². The maximum Gasteiger partial charge on any atom is 0.0685 e. The second kappa shape index (κ2) is 14.0. The summed E-state index contributed by atoms with van der Waals surface area (Å²) < 4.78 is 0. The Morgan fingerprint density at radius 3 is 2.17 bits per heavy atom. The van der Waals surface area contributed by atoms with Crippen LogP contribution in [0.15, 0.2) is 140 Å². The number of pyridine rings is 1. The summed E-state index contributed by atoms with van der Waals surface area (Å²) in [6.45, 7) is 23.3. The van der Waals surface area contributed by atoms with Crippen molar-refractivity contribution in [3.05, 3.63) is 168 Å². The maximum absolute atomic E-state index is 4.61. The van der Waals surface area contributed by atoms with E-state index < -0.39 is 5.41 Å². The van der Waals surface area contributed by atoms with Crippen LogP contribution in [0.1, 0.15) is 75.3 Å². The normalized spacial score (nSPS) is 16.0. The van der Waals surface area contributed by atoms with Gasteiger partial charge in [-0.25, -0.2) is 0 Å². The molecule has 0 fully saturated rings. The molecule has 0 amide bonds. The molecule has 1 aromatic heterocycles. The van der Waals surface area contributed by atoms with E-state index in [-0.39, 0.29) is 0 Å². The Hall–Kier alpha value is -5.01. The molecule has 1 nitrogen and oxygen atoms in total. The molecule has 1 unspecified atom stereocenters. The first kappa shape index (κ1) is 32.4. The van der Waals surface area contributed by atoms with Gasteiger partial charge in [0, 0.05) is 12.4 Å². The number of allylic oxidation sites excluding steroid dienone is 7. The molecule has 6 rings (SSSR count). The quantitative estimate of drug-likeness (QED) is 0.121. The van der Waals surface area contributed by atoms with Gasteiger partial charge in [0.1, 0.15) is 0 Å². The second-order valence-corrected chi connectivity index (χ2v) is 11.5. The molecule has 46 heavy (non-hydrogen) atoms. The number of unbranched alkanes of at least 4 members (excludes halogenated alkanes) is 1. The molecule has 0 spiro atoms. The molecule has 0 saturated heterocycles. The lowest BCUT2D eigenvalue weighted by Crippen LogP contribution is -2.29. The third-order valence-electron chi connectivity index (χ3n) is 9.26. The Morgan fingerprint density at radius 2 is 1.54 bits per heavy atom. The lowest BCUT2D eigenvalue weighted by atomic mass is 9.66. The smallest absolute Gasteiger partial charge is 0.0685 e. The van der Waals surface area contributed by atoms with Crippen molar-refractivity contribution in [3.8, 4) is 11.1 Å². The van der Waals surface area contributed by atoms with Crippen LogP contribution >= 0.6 is 0 Å². The number of hydrogen-bond donors (Lipinski definition) is 0. The molecular weight excluding hydrogens is 555 g/mol. The molecule has 0 bridgehead atoms. The van der Waals surface area contributed by atoms with Crippen LogP contribution in [-0.2, 0) is 5.41 Å². The van der Waals surface area contributed by atoms with E-state index >= 15 is 0 Å². The van der Waals surface area contributed by atoms with Crippen molar-refractivity contribution in [1.82, 2.24) is 4.98 Å². The average Bonchev–Trinajstić information content (AvgIpc) is 3.37. The summed E-state index contributed by atoms with van der Waals surface area (Å²) in [5.74, 6) is 0. The van der Waals surface area contributed by atoms with Crippen molar-refractivity contribution in [2.45, 2.75) is 52.9 Å². The first-order valence-corrected chi connectivity index (χ1v) is 16.5. The maximum atomic E-state index is 4.61. The third kappa shape index (κ3) is 5.01. The molecule has 230 valence electrons. The Balaban J connectivity index is 0.00000204. The van der Waals surface area contributed by atoms with Gasteiger partial charge in [0.15, 0.2) is 0 Å². The second-order valence-electron chi connectivity index (χ2n) is 11.5. The summed E-state index contributed by atoms with van der Waals surface area (Å²) in [5.41, 5.74) is 11.6. The Labute approximate surface area is 275 Å². The highest BCUT2D eigenvalue weighted by Crippen LogP contribution is 2.57. The van der Waals surface area contributed by atoms with E-state index in [1.165, 1.54) is 60.5 Å². The van der Waals surface area contributed by atoms with Crippen molar-refractivity contribution in [1.29, 1.82) is 0 Å². The lowest BCUT2D eigenvalue weighted by molar-refractivity contribution is 0.729. The van der Waals surface area contributed by atoms with Gasteiger partial charge < -0.3 is 0 Å². The highest BCUT2D eigenvalue weighted by molar-refractivity contribution is 6.15. The molecule has 0 radical (unpaired) electrons. The van der Waals surface area contributed by atoms with Crippen LogP contribution in [0, 0.1) is 0 Å². The van der Waals surface area contributed by atoms with E-state index in [4.69, 9.17) is 0 Å². The van der Waals surface area contributed by atoms with Crippen LogP contribution < -0.4 is 0 Å². The zero-order chi connectivity index (χ0) is 32.8. The van der Waals surface area contributed by atoms with Crippen molar-refractivity contribution in [2.24, 2.45) is 0 Å². The summed E-state index contributed by atoms with van der Waals surface area (Å²) in [5, 5.41) is 4.82. The first-order valence-electron chi connectivity index (χ1n) is 16.5. The molecule has 5 aromatic rings. The van der Waals surface area contributed by atoms with Crippen molar-refractivity contribution < 1.29 is 0 Å². The van der Waals surface area contributed by atoms with Crippen LogP contribution in [0.3, 0.4) is 0 Å². The molecule has 1 heterocycles. The summed E-state index contributed by atoms with van der Waals surface area (Å²) in [4.78, 5) is 4.61. The predicted molar refractivity (Wildman–Crippen MR) is 204 cm³/mol. The minimum absolute atomic E-state index is 0.482. The topological polar surface area (TPSA) is 12.9 Å². The van der Waals surface area contributed by atoms with Crippen molar-refractivity contribution in [2.75, 3.05) is 0 Å². The zero-order valence-corrected chi connectivity index (χ0v) is 28.0. The lowest BCUT2D eigenvalue weighted by Gasteiger charge is -2.35. The SMILES string of the molecule is C=C/C(=C\CCC)C1(c2cccnc2)C(C)=C(/C=C\C)c2c(-c3ccc4c(C=C)c(C=C)c5ccccc5c4c3)cccc21.CC. The van der Waals surface area contributed by atoms with Crippen LogP contribution in [-0.4, -0.2) is 4.98 Å². The monoisotopic (exact) mass is 599 g/mol. The number of benzene rings is 4. The third-order valence-corrected chi connectivity index (χ3v) is 9.26. The fourth-order valence-electron chi connectivity index (χ4n) is 7.40. The molecular formula is C45H45N.